The van der Waals surface area contributed by atoms with Gasteiger partial charge in [0.15, 0.2) is 5.82 Å². The van der Waals surface area contributed by atoms with Gasteiger partial charge in [-0.2, -0.15) is 5.10 Å². The van der Waals surface area contributed by atoms with Crippen molar-refractivity contribution in [3.05, 3.63) is 35.8 Å². The van der Waals surface area contributed by atoms with Gasteiger partial charge in [-0.3, -0.25) is 4.79 Å². The Morgan fingerprint density at radius 2 is 2.22 bits per heavy atom. The number of carbonyl (C=O) groups is 2. The molecular formula is C19H25N5O3. The van der Waals surface area contributed by atoms with E-state index in [4.69, 9.17) is 0 Å². The van der Waals surface area contributed by atoms with Crippen molar-refractivity contribution in [1.29, 1.82) is 0 Å². The van der Waals surface area contributed by atoms with Crippen LogP contribution in [-0.4, -0.2) is 49.9 Å². The van der Waals surface area contributed by atoms with E-state index >= 15 is 0 Å². The third-order valence-electron chi connectivity index (χ3n) is 4.77. The number of aromatic nitrogens is 3. The molecule has 3 rings (SSSR count). The highest BCUT2D eigenvalue weighted by Crippen LogP contribution is 2.23. The molecule has 144 valence electrons. The molecule has 2 amide bonds. The summed E-state index contributed by atoms with van der Waals surface area (Å²) in [5, 5.41) is 16.5. The molecule has 1 fully saturated rings. The Morgan fingerprint density at radius 3 is 2.93 bits per heavy atom. The maximum atomic E-state index is 12.7. The smallest absolute Gasteiger partial charge is 0.321 e. The summed E-state index contributed by atoms with van der Waals surface area (Å²) in [6.07, 6.45) is 6.30. The van der Waals surface area contributed by atoms with Gasteiger partial charge in [-0.05, 0) is 43.9 Å². The molecule has 1 aliphatic rings. The molecule has 1 unspecified atom stereocenters. The summed E-state index contributed by atoms with van der Waals surface area (Å²) in [6, 6.07) is 3.58. The number of piperidine rings is 1. The highest BCUT2D eigenvalue weighted by Gasteiger charge is 2.28. The van der Waals surface area contributed by atoms with Crippen LogP contribution in [0.1, 0.15) is 37.4 Å². The molecule has 8 heteroatoms. The number of anilines is 1. The molecule has 0 saturated carbocycles. The maximum Gasteiger partial charge on any atom is 0.321 e. The minimum absolute atomic E-state index is 0.234. The van der Waals surface area contributed by atoms with Crippen LogP contribution in [-0.2, 0) is 11.2 Å². The first-order chi connectivity index (χ1) is 13.0. The van der Waals surface area contributed by atoms with E-state index in [1.807, 2.05) is 19.1 Å². The van der Waals surface area contributed by atoms with Crippen molar-refractivity contribution in [1.82, 2.24) is 19.7 Å². The first-order valence-electron chi connectivity index (χ1n) is 9.28. The number of carboxylic acids is 1. The Kier molecular flexibility index (Phi) is 5.73. The van der Waals surface area contributed by atoms with Crippen LogP contribution in [0.5, 0.6) is 0 Å². The second-order valence-corrected chi connectivity index (χ2v) is 6.91. The summed E-state index contributed by atoms with van der Waals surface area (Å²) in [6.45, 7) is 4.85. The summed E-state index contributed by atoms with van der Waals surface area (Å²) in [5.41, 5.74) is 2.61. The predicted octanol–water partition coefficient (Wildman–Crippen LogP) is 2.86. The van der Waals surface area contributed by atoms with Gasteiger partial charge in [-0.1, -0.05) is 13.3 Å². The van der Waals surface area contributed by atoms with E-state index in [1.165, 1.54) is 0 Å². The van der Waals surface area contributed by atoms with Gasteiger partial charge in [0.2, 0.25) is 0 Å². The minimum atomic E-state index is -0.850. The predicted molar refractivity (Wildman–Crippen MR) is 101 cm³/mol. The molecule has 27 heavy (non-hydrogen) atoms. The number of rotatable bonds is 5. The monoisotopic (exact) mass is 371 g/mol. The van der Waals surface area contributed by atoms with Gasteiger partial charge in [-0.15, -0.1) is 0 Å². The average molecular weight is 371 g/mol. The van der Waals surface area contributed by atoms with E-state index in [9.17, 15) is 14.7 Å². The molecular weight excluding hydrogens is 346 g/mol. The van der Waals surface area contributed by atoms with Gasteiger partial charge in [0.05, 0.1) is 23.5 Å². The van der Waals surface area contributed by atoms with Crippen LogP contribution in [0.25, 0.3) is 5.82 Å². The topological polar surface area (TPSA) is 100 Å². The zero-order valence-electron chi connectivity index (χ0n) is 15.7. The minimum Gasteiger partial charge on any atom is -0.481 e. The molecule has 8 nitrogen and oxygen atoms in total. The quantitative estimate of drug-likeness (QED) is 0.842. The Labute approximate surface area is 158 Å². The van der Waals surface area contributed by atoms with Crippen LogP contribution in [0.4, 0.5) is 10.5 Å². The van der Waals surface area contributed by atoms with Gasteiger partial charge in [-0.25, -0.2) is 14.5 Å². The Hall–Kier alpha value is -2.90. The summed E-state index contributed by atoms with van der Waals surface area (Å²) in [5.74, 6) is -0.640. The Balaban J connectivity index is 1.80. The third kappa shape index (κ3) is 4.27. The molecule has 0 spiro atoms. The summed E-state index contributed by atoms with van der Waals surface area (Å²) in [4.78, 5) is 29.8. The molecule has 1 saturated heterocycles. The van der Waals surface area contributed by atoms with E-state index < -0.39 is 11.9 Å². The number of urea groups is 1. The zero-order chi connectivity index (χ0) is 19.4. The van der Waals surface area contributed by atoms with Crippen LogP contribution in [0, 0.1) is 12.8 Å². The lowest BCUT2D eigenvalue weighted by Crippen LogP contribution is -2.44. The molecule has 0 aliphatic carbocycles. The molecule has 2 N–H and O–H groups in total. The highest BCUT2D eigenvalue weighted by molar-refractivity contribution is 5.90. The Morgan fingerprint density at radius 1 is 1.41 bits per heavy atom. The van der Waals surface area contributed by atoms with E-state index in [0.717, 1.165) is 24.1 Å². The van der Waals surface area contributed by atoms with E-state index in [-0.39, 0.29) is 12.6 Å². The normalized spacial score (nSPS) is 17.0. The SMILES string of the molecule is CCCc1c(NC(=O)N2CCCC(C(=O)O)C2)cnn1-c1cc(C)ccn1. The van der Waals surface area contributed by atoms with Gasteiger partial charge < -0.3 is 15.3 Å². The number of carboxylic acid groups (broad SMARTS) is 1. The molecule has 0 radical (unpaired) electrons. The van der Waals surface area contributed by atoms with Crippen molar-refractivity contribution in [2.45, 2.75) is 39.5 Å². The van der Waals surface area contributed by atoms with Crippen molar-refractivity contribution < 1.29 is 14.7 Å². The number of hydrogen-bond acceptors (Lipinski definition) is 4. The molecule has 1 aliphatic heterocycles. The van der Waals surface area contributed by atoms with Crippen molar-refractivity contribution >= 4 is 17.7 Å². The number of aliphatic carboxylic acids is 1. The molecule has 3 heterocycles. The van der Waals surface area contributed by atoms with Gasteiger partial charge in [0.1, 0.15) is 0 Å². The number of aryl methyl sites for hydroxylation is 1. The Bertz CT molecular complexity index is 833. The number of nitrogens with one attached hydrogen (secondary N) is 1. The zero-order valence-corrected chi connectivity index (χ0v) is 15.7. The van der Waals surface area contributed by atoms with Gasteiger partial charge in [0.25, 0.3) is 0 Å². The first kappa shape index (κ1) is 18.9. The average Bonchev–Trinajstić information content (AvgIpc) is 3.04. The standard InChI is InChI=1S/C19H25N5O3/c1-3-5-16-15(11-21-24(16)17-10-13(2)7-8-20-17)22-19(27)23-9-4-6-14(12-23)18(25)26/h7-8,10-11,14H,3-6,9,12H2,1-2H3,(H,22,27)(H,25,26). The van der Waals surface area contributed by atoms with Crippen LogP contribution in [0.15, 0.2) is 24.5 Å². The van der Waals surface area contributed by atoms with Crippen molar-refractivity contribution in [2.24, 2.45) is 5.92 Å². The fraction of sp³-hybridized carbons (Fsp3) is 0.474. The lowest BCUT2D eigenvalue weighted by Gasteiger charge is -2.30. The third-order valence-corrected chi connectivity index (χ3v) is 4.77. The second kappa shape index (κ2) is 8.20. The number of likely N-dealkylation sites (tertiary alicyclic amines) is 1. The summed E-state index contributed by atoms with van der Waals surface area (Å²) >= 11 is 0. The van der Waals surface area contributed by atoms with Gasteiger partial charge in [0, 0.05) is 19.3 Å². The molecule has 2 aromatic heterocycles. The number of nitrogens with zero attached hydrogens (tertiary/aromatic N) is 4. The van der Waals surface area contributed by atoms with E-state index in [0.29, 0.717) is 30.9 Å². The lowest BCUT2D eigenvalue weighted by molar-refractivity contribution is -0.143. The maximum absolute atomic E-state index is 12.7. The number of amides is 2. The molecule has 2 aromatic rings. The highest BCUT2D eigenvalue weighted by atomic mass is 16.4. The lowest BCUT2D eigenvalue weighted by atomic mass is 9.99. The fourth-order valence-corrected chi connectivity index (χ4v) is 3.35. The van der Waals surface area contributed by atoms with E-state index in [2.05, 4.69) is 22.3 Å². The summed E-state index contributed by atoms with van der Waals surface area (Å²) < 4.78 is 1.75. The van der Waals surface area contributed by atoms with Crippen molar-refractivity contribution in [3.63, 3.8) is 0 Å². The van der Waals surface area contributed by atoms with Crippen LogP contribution >= 0.6 is 0 Å². The van der Waals surface area contributed by atoms with E-state index in [1.54, 1.807) is 22.0 Å². The first-order valence-corrected chi connectivity index (χ1v) is 9.28. The van der Waals surface area contributed by atoms with Crippen molar-refractivity contribution in [3.8, 4) is 5.82 Å². The van der Waals surface area contributed by atoms with Crippen molar-refractivity contribution in [2.75, 3.05) is 18.4 Å². The van der Waals surface area contributed by atoms with Crippen LogP contribution in [0.3, 0.4) is 0 Å². The van der Waals surface area contributed by atoms with Crippen LogP contribution < -0.4 is 5.32 Å². The van der Waals surface area contributed by atoms with Crippen LogP contribution in [0.2, 0.25) is 0 Å². The number of carbonyl (C=O) groups excluding carboxylic acids is 1. The molecule has 0 aromatic carbocycles. The van der Waals surface area contributed by atoms with Gasteiger partial charge >= 0.3 is 12.0 Å². The number of pyridine rings is 1. The fourth-order valence-electron chi connectivity index (χ4n) is 3.35. The second-order valence-electron chi connectivity index (χ2n) is 6.91. The molecule has 0 bridgehead atoms. The molecule has 1 atom stereocenters. The largest absolute Gasteiger partial charge is 0.481 e. The summed E-state index contributed by atoms with van der Waals surface area (Å²) in [7, 11) is 0. The number of hydrogen-bond donors (Lipinski definition) is 2.